The van der Waals surface area contributed by atoms with E-state index in [0.29, 0.717) is 18.6 Å². The van der Waals surface area contributed by atoms with Gasteiger partial charge in [-0.3, -0.25) is 9.88 Å². The van der Waals surface area contributed by atoms with E-state index in [9.17, 15) is 9.50 Å². The van der Waals surface area contributed by atoms with Crippen LogP contribution in [-0.4, -0.2) is 40.3 Å². The molecule has 1 aliphatic heterocycles. The molecule has 24 heavy (non-hydrogen) atoms. The van der Waals surface area contributed by atoms with Gasteiger partial charge in [-0.25, -0.2) is 4.39 Å². The number of hydrogen-bond donors (Lipinski definition) is 1. The third-order valence-electron chi connectivity index (χ3n) is 4.47. The van der Waals surface area contributed by atoms with Crippen LogP contribution in [0, 0.1) is 12.7 Å². The summed E-state index contributed by atoms with van der Waals surface area (Å²) in [6, 6.07) is 10.1. The van der Waals surface area contributed by atoms with Crippen molar-refractivity contribution in [2.45, 2.75) is 38.5 Å². The Balaban J connectivity index is 1.62. The fourth-order valence-electron chi connectivity index (χ4n) is 3.02. The van der Waals surface area contributed by atoms with Crippen molar-refractivity contribution in [2.75, 3.05) is 13.1 Å². The normalized spacial score (nSPS) is 22.1. The Morgan fingerprint density at radius 3 is 2.88 bits per heavy atom. The molecule has 0 unspecified atom stereocenters. The number of halogens is 1. The van der Waals surface area contributed by atoms with Gasteiger partial charge < -0.3 is 9.84 Å². The summed E-state index contributed by atoms with van der Waals surface area (Å²) in [4.78, 5) is 6.73. The van der Waals surface area contributed by atoms with Gasteiger partial charge in [0.1, 0.15) is 17.7 Å². The lowest BCUT2D eigenvalue weighted by atomic mass is 10.1. The van der Waals surface area contributed by atoms with Crippen LogP contribution in [0.3, 0.4) is 0 Å². The highest BCUT2D eigenvalue weighted by Crippen LogP contribution is 2.21. The minimum Gasteiger partial charge on any atom is -0.488 e. The van der Waals surface area contributed by atoms with Gasteiger partial charge in [-0.15, -0.1) is 0 Å². The third-order valence-corrected chi connectivity index (χ3v) is 4.47. The number of aliphatic hydroxyl groups excluding tert-OH is 1. The summed E-state index contributed by atoms with van der Waals surface area (Å²) < 4.78 is 19.1. The second kappa shape index (κ2) is 7.73. The van der Waals surface area contributed by atoms with E-state index < -0.39 is 6.10 Å². The van der Waals surface area contributed by atoms with Crippen LogP contribution in [0.25, 0.3) is 0 Å². The molecule has 0 radical (unpaired) electrons. The molecule has 5 heteroatoms. The minimum atomic E-state index is -0.553. The van der Waals surface area contributed by atoms with Gasteiger partial charge in [0.25, 0.3) is 0 Å². The molecule has 1 aromatic carbocycles. The van der Waals surface area contributed by atoms with E-state index in [-0.39, 0.29) is 11.9 Å². The summed E-state index contributed by atoms with van der Waals surface area (Å²) in [5, 5.41) is 10.4. The third kappa shape index (κ3) is 4.30. The molecule has 0 amide bonds. The molecule has 0 saturated carbocycles. The SMILES string of the molecule is Cc1cccnc1CN1CC[C@H](Oc2cccc(F)c2)[C@@H](O)CC1. The Hall–Kier alpha value is -1.98. The number of rotatable bonds is 4. The Labute approximate surface area is 141 Å². The quantitative estimate of drug-likeness (QED) is 0.936. The highest BCUT2D eigenvalue weighted by molar-refractivity contribution is 5.23. The fraction of sp³-hybridized carbons (Fsp3) is 0.421. The molecule has 2 heterocycles. The molecule has 0 aliphatic carbocycles. The van der Waals surface area contributed by atoms with Gasteiger partial charge in [-0.05, 0) is 43.5 Å². The zero-order chi connectivity index (χ0) is 16.9. The van der Waals surface area contributed by atoms with Crippen molar-refractivity contribution in [2.24, 2.45) is 0 Å². The molecule has 2 atom stereocenters. The maximum atomic E-state index is 13.3. The molecule has 2 aromatic rings. The largest absolute Gasteiger partial charge is 0.488 e. The first kappa shape index (κ1) is 16.9. The molecule has 1 saturated heterocycles. The highest BCUT2D eigenvalue weighted by atomic mass is 19.1. The lowest BCUT2D eigenvalue weighted by Crippen LogP contribution is -2.31. The number of nitrogens with zero attached hydrogens (tertiary/aromatic N) is 2. The zero-order valence-corrected chi connectivity index (χ0v) is 13.9. The van der Waals surface area contributed by atoms with Crippen molar-refractivity contribution < 1.29 is 14.2 Å². The van der Waals surface area contributed by atoms with Crippen LogP contribution in [0.5, 0.6) is 5.75 Å². The molecule has 128 valence electrons. The first-order valence-electron chi connectivity index (χ1n) is 8.35. The van der Waals surface area contributed by atoms with Crippen LogP contribution >= 0.6 is 0 Å². The number of aliphatic hydroxyl groups is 1. The molecular formula is C19H23FN2O2. The van der Waals surface area contributed by atoms with Crippen molar-refractivity contribution in [3.8, 4) is 5.75 Å². The first-order chi connectivity index (χ1) is 11.6. The number of aryl methyl sites for hydroxylation is 1. The lowest BCUT2D eigenvalue weighted by molar-refractivity contribution is 0.0348. The van der Waals surface area contributed by atoms with E-state index in [1.54, 1.807) is 12.1 Å². The summed E-state index contributed by atoms with van der Waals surface area (Å²) in [6.07, 6.45) is 2.27. The topological polar surface area (TPSA) is 45.6 Å². The number of likely N-dealkylation sites (tertiary alicyclic amines) is 1. The summed E-state index contributed by atoms with van der Waals surface area (Å²) in [5.41, 5.74) is 2.24. The average molecular weight is 330 g/mol. The van der Waals surface area contributed by atoms with Gasteiger partial charge in [0.05, 0.1) is 11.8 Å². The number of aromatic nitrogens is 1. The number of pyridine rings is 1. The van der Waals surface area contributed by atoms with E-state index in [1.165, 1.54) is 17.7 Å². The number of ether oxygens (including phenoxy) is 1. The fourth-order valence-corrected chi connectivity index (χ4v) is 3.02. The Kier molecular flexibility index (Phi) is 5.43. The zero-order valence-electron chi connectivity index (χ0n) is 13.9. The van der Waals surface area contributed by atoms with Crippen molar-refractivity contribution >= 4 is 0 Å². The maximum absolute atomic E-state index is 13.3. The standard InChI is InChI=1S/C19H23FN2O2/c1-14-4-3-9-21-17(14)13-22-10-7-18(23)19(8-11-22)24-16-6-2-5-15(20)12-16/h2-6,9,12,18-19,23H,7-8,10-11,13H2,1H3/t18-,19-/m0/s1. The molecule has 1 aliphatic rings. The van der Waals surface area contributed by atoms with Crippen LogP contribution in [-0.2, 0) is 6.54 Å². The number of benzene rings is 1. The van der Waals surface area contributed by atoms with Crippen molar-refractivity contribution in [1.82, 2.24) is 9.88 Å². The molecule has 1 N–H and O–H groups in total. The molecule has 4 nitrogen and oxygen atoms in total. The van der Waals surface area contributed by atoms with Crippen molar-refractivity contribution in [3.63, 3.8) is 0 Å². The van der Waals surface area contributed by atoms with E-state index >= 15 is 0 Å². The monoisotopic (exact) mass is 330 g/mol. The lowest BCUT2D eigenvalue weighted by Gasteiger charge is -2.22. The first-order valence-corrected chi connectivity index (χ1v) is 8.35. The van der Waals surface area contributed by atoms with E-state index in [2.05, 4.69) is 22.9 Å². The summed E-state index contributed by atoms with van der Waals surface area (Å²) in [5.74, 6) is 0.135. The van der Waals surface area contributed by atoms with Gasteiger partial charge >= 0.3 is 0 Å². The van der Waals surface area contributed by atoms with Gasteiger partial charge in [0, 0.05) is 31.9 Å². The summed E-state index contributed by atoms with van der Waals surface area (Å²) in [6.45, 7) is 4.43. The Morgan fingerprint density at radius 1 is 1.25 bits per heavy atom. The van der Waals surface area contributed by atoms with Crippen LogP contribution in [0.4, 0.5) is 4.39 Å². The average Bonchev–Trinajstić information content (AvgIpc) is 2.73. The van der Waals surface area contributed by atoms with E-state index in [0.717, 1.165) is 25.3 Å². The summed E-state index contributed by atoms with van der Waals surface area (Å²) in [7, 11) is 0. The predicted octanol–water partition coefficient (Wildman–Crippen LogP) is 2.93. The maximum Gasteiger partial charge on any atom is 0.126 e. The van der Waals surface area contributed by atoms with E-state index in [4.69, 9.17) is 4.74 Å². The molecular weight excluding hydrogens is 307 g/mol. The Bertz CT molecular complexity index is 680. The number of hydrogen-bond acceptors (Lipinski definition) is 4. The molecule has 0 bridgehead atoms. The molecule has 0 spiro atoms. The predicted molar refractivity (Wildman–Crippen MR) is 90.3 cm³/mol. The van der Waals surface area contributed by atoms with Crippen LogP contribution in [0.2, 0.25) is 0 Å². The van der Waals surface area contributed by atoms with Crippen molar-refractivity contribution in [1.29, 1.82) is 0 Å². The second-order valence-electron chi connectivity index (χ2n) is 6.30. The second-order valence-corrected chi connectivity index (χ2v) is 6.30. The van der Waals surface area contributed by atoms with Crippen LogP contribution in [0.1, 0.15) is 24.1 Å². The van der Waals surface area contributed by atoms with E-state index in [1.807, 2.05) is 12.3 Å². The minimum absolute atomic E-state index is 0.318. The van der Waals surface area contributed by atoms with Crippen molar-refractivity contribution in [3.05, 3.63) is 59.7 Å². The molecule has 3 rings (SSSR count). The van der Waals surface area contributed by atoms with Gasteiger partial charge in [0.15, 0.2) is 0 Å². The van der Waals surface area contributed by atoms with Gasteiger partial charge in [0.2, 0.25) is 0 Å². The highest BCUT2D eigenvalue weighted by Gasteiger charge is 2.26. The van der Waals surface area contributed by atoms with Crippen LogP contribution < -0.4 is 4.74 Å². The Morgan fingerprint density at radius 2 is 2.08 bits per heavy atom. The van der Waals surface area contributed by atoms with Crippen LogP contribution in [0.15, 0.2) is 42.6 Å². The smallest absolute Gasteiger partial charge is 0.126 e. The molecule has 1 fully saturated rings. The van der Waals surface area contributed by atoms with Gasteiger partial charge in [-0.2, -0.15) is 0 Å². The molecule has 1 aromatic heterocycles. The summed E-state index contributed by atoms with van der Waals surface area (Å²) >= 11 is 0. The van der Waals surface area contributed by atoms with Gasteiger partial charge in [-0.1, -0.05) is 12.1 Å².